The number of piperidine rings is 1. The molecular formula is C21H23N5O2. The van der Waals surface area contributed by atoms with Crippen LogP contribution in [0.5, 0.6) is 0 Å². The van der Waals surface area contributed by atoms with Crippen molar-refractivity contribution in [1.82, 2.24) is 20.1 Å². The lowest BCUT2D eigenvalue weighted by molar-refractivity contribution is -0.133. The third-order valence-corrected chi connectivity index (χ3v) is 6.14. The lowest BCUT2D eigenvalue weighted by Gasteiger charge is -2.33. The summed E-state index contributed by atoms with van der Waals surface area (Å²) in [6, 6.07) is 7.65. The van der Waals surface area contributed by atoms with E-state index in [-0.39, 0.29) is 11.9 Å². The lowest BCUT2D eigenvalue weighted by atomic mass is 9.93. The molecule has 1 N–H and O–H groups in total. The van der Waals surface area contributed by atoms with E-state index >= 15 is 0 Å². The van der Waals surface area contributed by atoms with E-state index in [4.69, 9.17) is 4.42 Å². The highest BCUT2D eigenvalue weighted by molar-refractivity contribution is 5.94. The van der Waals surface area contributed by atoms with E-state index in [1.807, 2.05) is 36.1 Å². The third-order valence-electron chi connectivity index (χ3n) is 6.14. The van der Waals surface area contributed by atoms with E-state index in [9.17, 15) is 4.79 Å². The number of hydrogen-bond acceptors (Lipinski definition) is 6. The summed E-state index contributed by atoms with van der Waals surface area (Å²) in [7, 11) is 0. The standard InChI is InChI=1S/C21H23N5O2/c1-14(19(27)26-11-8-21(6-7-21)9-12-26)23-20-25-24-18(28-20)17-4-2-3-15-13-22-10-5-16(15)17/h2-5,10,13-14H,6-9,11-12H2,1H3,(H,23,25)/t14-/m1/s1. The third kappa shape index (κ3) is 3.10. The minimum atomic E-state index is -0.404. The number of carbonyl (C=O) groups is 1. The smallest absolute Gasteiger partial charge is 0.316 e. The van der Waals surface area contributed by atoms with Gasteiger partial charge in [-0.05, 0) is 55.5 Å². The summed E-state index contributed by atoms with van der Waals surface area (Å²) in [5.74, 6) is 0.513. The zero-order valence-corrected chi connectivity index (χ0v) is 15.9. The molecule has 1 aliphatic carbocycles. The van der Waals surface area contributed by atoms with Crippen molar-refractivity contribution in [2.75, 3.05) is 18.4 Å². The molecule has 1 saturated heterocycles. The fraction of sp³-hybridized carbons (Fsp3) is 0.429. The average Bonchev–Trinajstić information content (AvgIpc) is 3.32. The fourth-order valence-corrected chi connectivity index (χ4v) is 4.10. The Kier molecular flexibility index (Phi) is 4.03. The molecule has 1 aromatic carbocycles. The van der Waals surface area contributed by atoms with Crippen LogP contribution in [0.4, 0.5) is 6.01 Å². The van der Waals surface area contributed by atoms with Gasteiger partial charge in [0.2, 0.25) is 11.8 Å². The van der Waals surface area contributed by atoms with Crippen LogP contribution in [0.1, 0.15) is 32.6 Å². The molecule has 3 aromatic rings. The van der Waals surface area contributed by atoms with E-state index in [0.717, 1.165) is 42.3 Å². The Hall–Kier alpha value is -2.96. The number of rotatable bonds is 4. The summed E-state index contributed by atoms with van der Waals surface area (Å²) in [5.41, 5.74) is 1.41. The number of carbonyl (C=O) groups excluding carboxylic acids is 1. The van der Waals surface area contributed by atoms with Crippen LogP contribution >= 0.6 is 0 Å². The van der Waals surface area contributed by atoms with Gasteiger partial charge in [0.05, 0.1) is 0 Å². The van der Waals surface area contributed by atoms with Gasteiger partial charge in [-0.3, -0.25) is 9.78 Å². The van der Waals surface area contributed by atoms with Gasteiger partial charge in [0.25, 0.3) is 0 Å². The number of nitrogens with one attached hydrogen (secondary N) is 1. The predicted molar refractivity (Wildman–Crippen MR) is 106 cm³/mol. The maximum atomic E-state index is 12.8. The highest BCUT2D eigenvalue weighted by Crippen LogP contribution is 2.53. The zero-order valence-electron chi connectivity index (χ0n) is 15.9. The first-order chi connectivity index (χ1) is 13.6. The van der Waals surface area contributed by atoms with Crippen molar-refractivity contribution in [2.24, 2.45) is 5.41 Å². The predicted octanol–water partition coefficient (Wildman–Crippen LogP) is 3.49. The molecule has 28 heavy (non-hydrogen) atoms. The number of likely N-dealkylation sites (tertiary alicyclic amines) is 1. The van der Waals surface area contributed by atoms with Crippen molar-refractivity contribution >= 4 is 22.7 Å². The summed E-state index contributed by atoms with van der Waals surface area (Å²) in [6.45, 7) is 3.55. The van der Waals surface area contributed by atoms with Crippen LogP contribution in [-0.4, -0.2) is 45.1 Å². The average molecular weight is 377 g/mol. The van der Waals surface area contributed by atoms with E-state index in [0.29, 0.717) is 11.3 Å². The van der Waals surface area contributed by atoms with Gasteiger partial charge in [-0.2, -0.15) is 0 Å². The molecular weight excluding hydrogens is 354 g/mol. The SMILES string of the molecule is C[C@@H](Nc1nnc(-c2cccc3cnccc23)o1)C(=O)N1CCC2(CC1)CC2. The largest absolute Gasteiger partial charge is 0.403 e. The second kappa shape index (κ2) is 6.58. The molecule has 0 bridgehead atoms. The number of fused-ring (bicyclic) bond motifs is 1. The zero-order chi connectivity index (χ0) is 19.1. The Morgan fingerprint density at radius 3 is 2.79 bits per heavy atom. The van der Waals surface area contributed by atoms with Gasteiger partial charge in [-0.1, -0.05) is 17.2 Å². The molecule has 7 heteroatoms. The number of nitrogens with zero attached hydrogens (tertiary/aromatic N) is 4. The van der Waals surface area contributed by atoms with Gasteiger partial charge >= 0.3 is 6.01 Å². The van der Waals surface area contributed by atoms with Crippen molar-refractivity contribution in [3.05, 3.63) is 36.7 Å². The van der Waals surface area contributed by atoms with Crippen molar-refractivity contribution in [3.8, 4) is 11.5 Å². The number of pyridine rings is 1. The van der Waals surface area contributed by atoms with Crippen molar-refractivity contribution < 1.29 is 9.21 Å². The summed E-state index contributed by atoms with van der Waals surface area (Å²) >= 11 is 0. The summed E-state index contributed by atoms with van der Waals surface area (Å²) in [5, 5.41) is 13.3. The molecule has 0 unspecified atom stereocenters. The molecule has 1 saturated carbocycles. The van der Waals surface area contributed by atoms with Crippen molar-refractivity contribution in [1.29, 1.82) is 0 Å². The Morgan fingerprint density at radius 2 is 2.00 bits per heavy atom. The first-order valence-electron chi connectivity index (χ1n) is 9.86. The number of aromatic nitrogens is 3. The molecule has 1 spiro atoms. The second-order valence-electron chi connectivity index (χ2n) is 8.01. The summed E-state index contributed by atoms with van der Waals surface area (Å²) < 4.78 is 5.80. The summed E-state index contributed by atoms with van der Waals surface area (Å²) in [4.78, 5) is 18.9. The Labute approximate surface area is 163 Å². The minimum Gasteiger partial charge on any atom is -0.403 e. The molecule has 0 radical (unpaired) electrons. The second-order valence-corrected chi connectivity index (χ2v) is 8.01. The van der Waals surface area contributed by atoms with Crippen LogP contribution in [-0.2, 0) is 4.79 Å². The number of anilines is 1. The topological polar surface area (TPSA) is 84.1 Å². The maximum absolute atomic E-state index is 12.8. The molecule has 5 rings (SSSR count). The van der Waals surface area contributed by atoms with Gasteiger partial charge < -0.3 is 14.6 Å². The van der Waals surface area contributed by atoms with Crippen molar-refractivity contribution in [2.45, 2.75) is 38.6 Å². The molecule has 3 heterocycles. The molecule has 2 aliphatic rings. The molecule has 144 valence electrons. The molecule has 1 aliphatic heterocycles. The molecule has 2 fully saturated rings. The Bertz CT molecular complexity index is 1010. The monoisotopic (exact) mass is 377 g/mol. The number of hydrogen-bond donors (Lipinski definition) is 1. The molecule has 1 amide bonds. The highest BCUT2D eigenvalue weighted by Gasteiger charge is 2.45. The lowest BCUT2D eigenvalue weighted by Crippen LogP contribution is -2.45. The van der Waals surface area contributed by atoms with E-state index in [2.05, 4.69) is 20.5 Å². The fourth-order valence-electron chi connectivity index (χ4n) is 4.10. The first-order valence-corrected chi connectivity index (χ1v) is 9.86. The van der Waals surface area contributed by atoms with E-state index < -0.39 is 6.04 Å². The van der Waals surface area contributed by atoms with Crippen LogP contribution in [0.2, 0.25) is 0 Å². The van der Waals surface area contributed by atoms with Gasteiger partial charge in [-0.15, -0.1) is 5.10 Å². The minimum absolute atomic E-state index is 0.0893. The van der Waals surface area contributed by atoms with Crippen LogP contribution in [0.25, 0.3) is 22.2 Å². The number of amides is 1. The Balaban J connectivity index is 1.29. The van der Waals surface area contributed by atoms with Gasteiger partial charge in [-0.25, -0.2) is 0 Å². The molecule has 2 aromatic heterocycles. The van der Waals surface area contributed by atoms with Crippen LogP contribution in [0, 0.1) is 5.41 Å². The maximum Gasteiger partial charge on any atom is 0.316 e. The Morgan fingerprint density at radius 1 is 1.18 bits per heavy atom. The van der Waals surface area contributed by atoms with Gasteiger partial charge in [0, 0.05) is 36.4 Å². The van der Waals surface area contributed by atoms with Gasteiger partial charge in [0.1, 0.15) is 6.04 Å². The van der Waals surface area contributed by atoms with Crippen LogP contribution < -0.4 is 5.32 Å². The molecule has 1 atom stereocenters. The summed E-state index contributed by atoms with van der Waals surface area (Å²) in [6.07, 6.45) is 8.47. The van der Waals surface area contributed by atoms with Gasteiger partial charge in [0.15, 0.2) is 0 Å². The highest BCUT2D eigenvalue weighted by atomic mass is 16.4. The van der Waals surface area contributed by atoms with Crippen LogP contribution in [0.15, 0.2) is 41.1 Å². The van der Waals surface area contributed by atoms with E-state index in [1.165, 1.54) is 12.8 Å². The number of benzene rings is 1. The molecule has 7 nitrogen and oxygen atoms in total. The quantitative estimate of drug-likeness (QED) is 0.749. The first kappa shape index (κ1) is 17.2. The van der Waals surface area contributed by atoms with Crippen molar-refractivity contribution in [3.63, 3.8) is 0 Å². The van der Waals surface area contributed by atoms with E-state index in [1.54, 1.807) is 12.4 Å². The van der Waals surface area contributed by atoms with Crippen LogP contribution in [0.3, 0.4) is 0 Å². The normalized spacial score (nSPS) is 19.0.